The van der Waals surface area contributed by atoms with Crippen LogP contribution in [0.1, 0.15) is 6.92 Å². The minimum atomic E-state index is 0.0439. The van der Waals surface area contributed by atoms with E-state index in [0.717, 1.165) is 12.7 Å². The summed E-state index contributed by atoms with van der Waals surface area (Å²) >= 11 is 0. The summed E-state index contributed by atoms with van der Waals surface area (Å²) in [5.41, 5.74) is 0. The van der Waals surface area contributed by atoms with Crippen molar-refractivity contribution in [3.63, 3.8) is 0 Å². The lowest BCUT2D eigenvalue weighted by Gasteiger charge is -1.93. The van der Waals surface area contributed by atoms with Gasteiger partial charge in [0.25, 0.3) is 0 Å². The molecule has 0 aliphatic heterocycles. The van der Waals surface area contributed by atoms with Gasteiger partial charge >= 0.3 is 0 Å². The van der Waals surface area contributed by atoms with Crippen LogP contribution in [-0.4, -0.2) is 18.6 Å². The van der Waals surface area contributed by atoms with Gasteiger partial charge in [-0.25, -0.2) is 0 Å². The standard InChI is InChI=1S/C4H10NOP/c1-4(6)5-2-3-7/h2-3,7H2,1H3,(H,5,6). The molecular formula is C4H10NOP. The first-order valence-corrected chi connectivity index (χ1v) is 3.03. The van der Waals surface area contributed by atoms with Crippen molar-refractivity contribution < 1.29 is 4.79 Å². The molecule has 0 saturated carbocycles. The summed E-state index contributed by atoms with van der Waals surface area (Å²) in [7, 11) is 2.53. The van der Waals surface area contributed by atoms with Crippen LogP contribution in [0.4, 0.5) is 0 Å². The summed E-state index contributed by atoms with van der Waals surface area (Å²) in [5.74, 6) is 0.0439. The van der Waals surface area contributed by atoms with Crippen LogP contribution >= 0.6 is 9.24 Å². The Morgan fingerprint density at radius 1 is 1.86 bits per heavy atom. The van der Waals surface area contributed by atoms with Gasteiger partial charge in [-0.3, -0.25) is 4.79 Å². The fraction of sp³-hybridized carbons (Fsp3) is 0.750. The summed E-state index contributed by atoms with van der Waals surface area (Å²) < 4.78 is 0. The Morgan fingerprint density at radius 3 is 2.57 bits per heavy atom. The zero-order valence-corrected chi connectivity index (χ0v) is 5.55. The molecule has 2 nitrogen and oxygen atoms in total. The monoisotopic (exact) mass is 119 g/mol. The molecule has 1 amide bonds. The molecule has 7 heavy (non-hydrogen) atoms. The van der Waals surface area contributed by atoms with Crippen LogP contribution in [0.5, 0.6) is 0 Å². The molecule has 1 N–H and O–H groups in total. The summed E-state index contributed by atoms with van der Waals surface area (Å²) in [6.45, 7) is 2.28. The number of hydrogen-bond donors (Lipinski definition) is 1. The molecular weight excluding hydrogens is 109 g/mol. The zero-order chi connectivity index (χ0) is 5.70. The highest BCUT2D eigenvalue weighted by molar-refractivity contribution is 7.16. The predicted molar refractivity (Wildman–Crippen MR) is 33.3 cm³/mol. The molecule has 1 atom stereocenters. The zero-order valence-electron chi connectivity index (χ0n) is 4.40. The first kappa shape index (κ1) is 6.90. The molecule has 42 valence electrons. The third-order valence-electron chi connectivity index (χ3n) is 0.518. The van der Waals surface area contributed by atoms with Crippen molar-refractivity contribution in [2.45, 2.75) is 6.92 Å². The molecule has 0 heterocycles. The fourth-order valence-corrected chi connectivity index (χ4v) is 0.393. The summed E-state index contributed by atoms with van der Waals surface area (Å²) in [5, 5.41) is 2.64. The lowest BCUT2D eigenvalue weighted by molar-refractivity contribution is -0.118. The highest BCUT2D eigenvalue weighted by Crippen LogP contribution is 1.73. The summed E-state index contributed by atoms with van der Waals surface area (Å²) in [6.07, 6.45) is 0.930. The third kappa shape index (κ3) is 5.90. The van der Waals surface area contributed by atoms with Crippen molar-refractivity contribution in [3.8, 4) is 0 Å². The topological polar surface area (TPSA) is 29.1 Å². The van der Waals surface area contributed by atoms with Crippen molar-refractivity contribution in [2.75, 3.05) is 12.7 Å². The van der Waals surface area contributed by atoms with Crippen LogP contribution in [0.3, 0.4) is 0 Å². The fourth-order valence-electron chi connectivity index (χ4n) is 0.248. The predicted octanol–water partition coefficient (Wildman–Crippen LogP) is -0.00240. The second-order valence-corrected chi connectivity index (χ2v) is 1.85. The van der Waals surface area contributed by atoms with Gasteiger partial charge in [-0.1, -0.05) is 0 Å². The van der Waals surface area contributed by atoms with E-state index in [1.54, 1.807) is 0 Å². The van der Waals surface area contributed by atoms with Gasteiger partial charge in [0.15, 0.2) is 0 Å². The molecule has 0 aromatic carbocycles. The van der Waals surface area contributed by atoms with Gasteiger partial charge in [0, 0.05) is 13.5 Å². The maximum absolute atomic E-state index is 10.1. The SMILES string of the molecule is CC(=O)NCCP. The van der Waals surface area contributed by atoms with Crippen LogP contribution in [0, 0.1) is 0 Å². The molecule has 1 unspecified atom stereocenters. The van der Waals surface area contributed by atoms with Crippen LogP contribution in [0.15, 0.2) is 0 Å². The van der Waals surface area contributed by atoms with Gasteiger partial charge in [-0.05, 0) is 6.16 Å². The molecule has 0 aromatic heterocycles. The molecule has 0 spiro atoms. The Kier molecular flexibility index (Phi) is 4.01. The van der Waals surface area contributed by atoms with E-state index < -0.39 is 0 Å². The quantitative estimate of drug-likeness (QED) is 0.509. The van der Waals surface area contributed by atoms with Crippen molar-refractivity contribution in [1.29, 1.82) is 0 Å². The Balaban J connectivity index is 2.82. The van der Waals surface area contributed by atoms with E-state index in [4.69, 9.17) is 0 Å². The van der Waals surface area contributed by atoms with E-state index in [2.05, 4.69) is 14.6 Å². The molecule has 0 fully saturated rings. The lowest BCUT2D eigenvalue weighted by atomic mass is 10.6. The lowest BCUT2D eigenvalue weighted by Crippen LogP contribution is -2.21. The number of amides is 1. The van der Waals surface area contributed by atoms with E-state index in [1.807, 2.05) is 0 Å². The average molecular weight is 119 g/mol. The largest absolute Gasteiger partial charge is 0.356 e. The van der Waals surface area contributed by atoms with Crippen molar-refractivity contribution in [1.82, 2.24) is 5.32 Å². The Bertz CT molecular complexity index is 64.7. The molecule has 3 heteroatoms. The second kappa shape index (κ2) is 4.07. The molecule has 0 radical (unpaired) electrons. The molecule has 0 aromatic rings. The van der Waals surface area contributed by atoms with Gasteiger partial charge in [-0.15, -0.1) is 9.24 Å². The van der Waals surface area contributed by atoms with Gasteiger partial charge < -0.3 is 5.32 Å². The van der Waals surface area contributed by atoms with E-state index in [0.29, 0.717) is 0 Å². The number of nitrogens with one attached hydrogen (secondary N) is 1. The molecule has 0 bridgehead atoms. The van der Waals surface area contributed by atoms with Crippen LogP contribution < -0.4 is 5.32 Å². The van der Waals surface area contributed by atoms with Crippen molar-refractivity contribution in [3.05, 3.63) is 0 Å². The van der Waals surface area contributed by atoms with E-state index in [-0.39, 0.29) is 5.91 Å². The number of hydrogen-bond acceptors (Lipinski definition) is 1. The van der Waals surface area contributed by atoms with Crippen LogP contribution in [0.2, 0.25) is 0 Å². The second-order valence-electron chi connectivity index (χ2n) is 1.27. The molecule has 0 aliphatic rings. The van der Waals surface area contributed by atoms with Gasteiger partial charge in [0.2, 0.25) is 5.91 Å². The first-order chi connectivity index (χ1) is 3.27. The average Bonchev–Trinajstić information content (AvgIpc) is 1.61. The Morgan fingerprint density at radius 2 is 2.43 bits per heavy atom. The molecule has 0 saturated heterocycles. The third-order valence-corrected chi connectivity index (χ3v) is 0.807. The minimum absolute atomic E-state index is 0.0439. The summed E-state index contributed by atoms with van der Waals surface area (Å²) in [6, 6.07) is 0. The van der Waals surface area contributed by atoms with Crippen LogP contribution in [0.25, 0.3) is 0 Å². The van der Waals surface area contributed by atoms with Gasteiger partial charge in [0.1, 0.15) is 0 Å². The number of rotatable bonds is 2. The maximum Gasteiger partial charge on any atom is 0.216 e. The smallest absolute Gasteiger partial charge is 0.216 e. The number of carbonyl (C=O) groups excluding carboxylic acids is 1. The highest BCUT2D eigenvalue weighted by atomic mass is 31.0. The highest BCUT2D eigenvalue weighted by Gasteiger charge is 1.83. The minimum Gasteiger partial charge on any atom is -0.356 e. The van der Waals surface area contributed by atoms with E-state index in [1.165, 1.54) is 6.92 Å². The maximum atomic E-state index is 10.1. The molecule has 0 aliphatic carbocycles. The normalized spacial score (nSPS) is 8.29. The first-order valence-electron chi connectivity index (χ1n) is 2.22. The van der Waals surface area contributed by atoms with Gasteiger partial charge in [0.05, 0.1) is 0 Å². The Hall–Kier alpha value is -0.100. The van der Waals surface area contributed by atoms with E-state index >= 15 is 0 Å². The Labute approximate surface area is 45.9 Å². The summed E-state index contributed by atoms with van der Waals surface area (Å²) in [4.78, 5) is 10.1. The van der Waals surface area contributed by atoms with E-state index in [9.17, 15) is 4.79 Å². The van der Waals surface area contributed by atoms with Crippen molar-refractivity contribution >= 4 is 15.1 Å². The number of carbonyl (C=O) groups is 1. The molecule has 0 rings (SSSR count). The van der Waals surface area contributed by atoms with Gasteiger partial charge in [-0.2, -0.15) is 0 Å². The van der Waals surface area contributed by atoms with Crippen molar-refractivity contribution in [2.24, 2.45) is 0 Å². The van der Waals surface area contributed by atoms with Crippen LogP contribution in [-0.2, 0) is 4.79 Å².